The minimum absolute atomic E-state index is 0.134. The fourth-order valence-corrected chi connectivity index (χ4v) is 5.95. The topological polar surface area (TPSA) is 122 Å². The molecule has 2 unspecified atom stereocenters. The standard InChI is InChI=1S/C23H31N7O4S/c1-14-9-17-20(24-10-14)30-7-6-29(11-15(30)12-34-17)21-26-16-5-8-35(32)18(16)19(27-21)28-23(2,3)13-25-22(31)33-4/h9-10,15H,5-8,11-13H2,1-4H3,(H,25,31)(H,26,27,28). The maximum Gasteiger partial charge on any atom is 0.406 e. The van der Waals surface area contributed by atoms with Gasteiger partial charge in [0.05, 0.1) is 35.2 Å². The summed E-state index contributed by atoms with van der Waals surface area (Å²) in [6, 6.07) is 2.17. The molecule has 1 saturated heterocycles. The molecule has 3 aliphatic heterocycles. The fraction of sp³-hybridized carbons (Fsp3) is 0.565. The summed E-state index contributed by atoms with van der Waals surface area (Å²) in [5.41, 5.74) is 1.34. The van der Waals surface area contributed by atoms with Gasteiger partial charge in [0, 0.05) is 44.5 Å². The Labute approximate surface area is 207 Å². The van der Waals surface area contributed by atoms with E-state index in [1.54, 1.807) is 0 Å². The van der Waals surface area contributed by atoms with E-state index >= 15 is 0 Å². The van der Waals surface area contributed by atoms with Crippen molar-refractivity contribution in [2.24, 2.45) is 0 Å². The van der Waals surface area contributed by atoms with Crippen LogP contribution in [0.25, 0.3) is 0 Å². The lowest BCUT2D eigenvalue weighted by molar-refractivity contribution is 0.169. The van der Waals surface area contributed by atoms with Crippen molar-refractivity contribution in [3.05, 3.63) is 23.5 Å². The van der Waals surface area contributed by atoms with Gasteiger partial charge < -0.3 is 29.9 Å². The lowest BCUT2D eigenvalue weighted by Crippen LogP contribution is -2.58. The quantitative estimate of drug-likeness (QED) is 0.623. The van der Waals surface area contributed by atoms with E-state index in [9.17, 15) is 9.00 Å². The van der Waals surface area contributed by atoms with Gasteiger partial charge in [0.15, 0.2) is 11.6 Å². The molecule has 1 fully saturated rings. The molecule has 0 aromatic carbocycles. The van der Waals surface area contributed by atoms with E-state index in [0.717, 1.165) is 35.9 Å². The Kier molecular flexibility index (Phi) is 6.16. The number of piperazine rings is 1. The number of methoxy groups -OCH3 is 1. The molecule has 2 aromatic rings. The molecule has 11 nitrogen and oxygen atoms in total. The molecule has 0 aliphatic carbocycles. The highest BCUT2D eigenvalue weighted by Gasteiger charge is 2.36. The summed E-state index contributed by atoms with van der Waals surface area (Å²) >= 11 is 0. The number of carbonyl (C=O) groups is 1. The van der Waals surface area contributed by atoms with Gasteiger partial charge in [-0.1, -0.05) is 0 Å². The molecule has 188 valence electrons. The second kappa shape index (κ2) is 9.14. The highest BCUT2D eigenvalue weighted by Crippen LogP contribution is 2.36. The number of nitrogens with one attached hydrogen (secondary N) is 2. The van der Waals surface area contributed by atoms with E-state index in [4.69, 9.17) is 14.7 Å². The summed E-state index contributed by atoms with van der Waals surface area (Å²) in [4.78, 5) is 31.0. The zero-order valence-electron chi connectivity index (χ0n) is 20.5. The monoisotopic (exact) mass is 501 g/mol. The molecular weight excluding hydrogens is 470 g/mol. The van der Waals surface area contributed by atoms with Crippen LogP contribution in [-0.4, -0.2) is 82.5 Å². The third-order valence-corrected chi connectivity index (χ3v) is 7.89. The minimum atomic E-state index is -1.16. The number of rotatable bonds is 5. The van der Waals surface area contributed by atoms with Crippen LogP contribution in [0.15, 0.2) is 17.2 Å². The van der Waals surface area contributed by atoms with Gasteiger partial charge in [-0.25, -0.2) is 14.8 Å². The van der Waals surface area contributed by atoms with Crippen molar-refractivity contribution >= 4 is 34.5 Å². The summed E-state index contributed by atoms with van der Waals surface area (Å²) in [6.07, 6.45) is 2.02. The van der Waals surface area contributed by atoms with Gasteiger partial charge in [-0.15, -0.1) is 0 Å². The fourth-order valence-electron chi connectivity index (χ4n) is 4.64. The molecule has 5 heterocycles. The predicted molar refractivity (Wildman–Crippen MR) is 133 cm³/mol. The number of hydrogen-bond acceptors (Lipinski definition) is 10. The van der Waals surface area contributed by atoms with Gasteiger partial charge in [-0.2, -0.15) is 4.98 Å². The number of amides is 1. The van der Waals surface area contributed by atoms with Crippen LogP contribution in [0.3, 0.4) is 0 Å². The lowest BCUT2D eigenvalue weighted by atomic mass is 10.1. The zero-order valence-corrected chi connectivity index (χ0v) is 21.3. The number of carbonyl (C=O) groups excluding carboxylic acids is 1. The summed E-state index contributed by atoms with van der Waals surface area (Å²) in [7, 11) is 0.169. The second-order valence-electron chi connectivity index (χ2n) is 9.74. The largest absolute Gasteiger partial charge is 0.487 e. The average Bonchev–Trinajstić information content (AvgIpc) is 3.22. The number of aryl methyl sites for hydroxylation is 2. The second-order valence-corrected chi connectivity index (χ2v) is 11.2. The normalized spacial score (nSPS) is 20.9. The number of nitrogens with zero attached hydrogens (tertiary/aromatic N) is 5. The van der Waals surface area contributed by atoms with E-state index in [1.807, 2.05) is 33.0 Å². The van der Waals surface area contributed by atoms with E-state index in [2.05, 4.69) is 30.2 Å². The van der Waals surface area contributed by atoms with Crippen molar-refractivity contribution in [1.82, 2.24) is 20.3 Å². The molecule has 2 N–H and O–H groups in total. The van der Waals surface area contributed by atoms with Crippen molar-refractivity contribution < 1.29 is 18.5 Å². The maximum atomic E-state index is 12.8. The van der Waals surface area contributed by atoms with E-state index in [0.29, 0.717) is 48.5 Å². The molecule has 2 aromatic heterocycles. The zero-order chi connectivity index (χ0) is 24.7. The summed E-state index contributed by atoms with van der Waals surface area (Å²) in [5, 5.41) is 6.11. The predicted octanol–water partition coefficient (Wildman–Crippen LogP) is 1.48. The van der Waals surface area contributed by atoms with Gasteiger partial charge >= 0.3 is 6.09 Å². The van der Waals surface area contributed by atoms with Crippen LogP contribution in [0.5, 0.6) is 5.75 Å². The molecule has 2 atom stereocenters. The van der Waals surface area contributed by atoms with Gasteiger partial charge in [-0.05, 0) is 32.4 Å². The molecule has 5 rings (SSSR count). The van der Waals surface area contributed by atoms with Crippen LogP contribution in [0.1, 0.15) is 25.1 Å². The molecule has 0 spiro atoms. The number of ether oxygens (including phenoxy) is 2. The van der Waals surface area contributed by atoms with Gasteiger partial charge in [0.25, 0.3) is 0 Å². The minimum Gasteiger partial charge on any atom is -0.487 e. The first-order valence-corrected chi connectivity index (χ1v) is 13.1. The SMILES string of the molecule is COC(=O)NCC(C)(C)Nc1nc(N2CCN3c4ncc(C)cc4OCC3C2)nc2c1S(=O)CC2. The highest BCUT2D eigenvalue weighted by molar-refractivity contribution is 7.85. The molecule has 3 aliphatic rings. The summed E-state index contributed by atoms with van der Waals surface area (Å²) < 4.78 is 23.5. The van der Waals surface area contributed by atoms with Gasteiger partial charge in [0.1, 0.15) is 17.3 Å². The number of hydrogen-bond donors (Lipinski definition) is 2. The number of alkyl carbamates (subject to hydrolysis) is 1. The number of aromatic nitrogens is 3. The Morgan fingerprint density at radius 3 is 2.97 bits per heavy atom. The molecule has 1 amide bonds. The van der Waals surface area contributed by atoms with Gasteiger partial charge in [-0.3, -0.25) is 4.21 Å². The Balaban J connectivity index is 1.38. The summed E-state index contributed by atoms with van der Waals surface area (Å²) in [6.45, 7) is 8.99. The van der Waals surface area contributed by atoms with E-state index in [-0.39, 0.29) is 6.04 Å². The third-order valence-electron chi connectivity index (χ3n) is 6.43. The number of anilines is 3. The van der Waals surface area contributed by atoms with Crippen molar-refractivity contribution in [2.75, 3.05) is 60.8 Å². The van der Waals surface area contributed by atoms with Crippen molar-refractivity contribution in [2.45, 2.75) is 43.7 Å². The molecule has 0 saturated carbocycles. The molecule has 35 heavy (non-hydrogen) atoms. The van der Waals surface area contributed by atoms with Crippen molar-refractivity contribution in [1.29, 1.82) is 0 Å². The first kappa shape index (κ1) is 23.6. The summed E-state index contributed by atoms with van der Waals surface area (Å²) in [5.74, 6) is 3.43. The first-order chi connectivity index (χ1) is 16.7. The van der Waals surface area contributed by atoms with Crippen molar-refractivity contribution in [3.8, 4) is 5.75 Å². The van der Waals surface area contributed by atoms with Crippen LogP contribution >= 0.6 is 0 Å². The average molecular weight is 502 g/mol. The Bertz CT molecular complexity index is 1170. The van der Waals surface area contributed by atoms with E-state index < -0.39 is 22.4 Å². The number of pyridine rings is 1. The van der Waals surface area contributed by atoms with Gasteiger partial charge in [0.2, 0.25) is 5.95 Å². The highest BCUT2D eigenvalue weighted by atomic mass is 32.2. The number of fused-ring (bicyclic) bond motifs is 4. The molecular formula is C23H31N7O4S. The first-order valence-electron chi connectivity index (χ1n) is 11.7. The Morgan fingerprint density at radius 1 is 1.34 bits per heavy atom. The Hall–Kier alpha value is -3.15. The van der Waals surface area contributed by atoms with Crippen LogP contribution in [0, 0.1) is 6.92 Å². The van der Waals surface area contributed by atoms with Crippen molar-refractivity contribution in [3.63, 3.8) is 0 Å². The molecule has 0 radical (unpaired) electrons. The van der Waals surface area contributed by atoms with Crippen LogP contribution in [-0.2, 0) is 22.0 Å². The van der Waals surface area contributed by atoms with Crippen LogP contribution < -0.4 is 25.2 Å². The van der Waals surface area contributed by atoms with E-state index in [1.165, 1.54) is 7.11 Å². The third kappa shape index (κ3) is 4.71. The molecule has 12 heteroatoms. The van der Waals surface area contributed by atoms with Crippen LogP contribution in [0.2, 0.25) is 0 Å². The maximum absolute atomic E-state index is 12.8. The lowest BCUT2D eigenvalue weighted by Gasteiger charge is -2.44. The molecule has 0 bridgehead atoms. The van der Waals surface area contributed by atoms with Crippen LogP contribution in [0.4, 0.5) is 22.4 Å². The smallest absolute Gasteiger partial charge is 0.406 e. The Morgan fingerprint density at radius 2 is 2.17 bits per heavy atom.